The van der Waals surface area contributed by atoms with E-state index in [-0.39, 0.29) is 11.7 Å². The molecule has 1 aliphatic rings. The molecule has 0 bridgehead atoms. The largest absolute Gasteiger partial charge is 0.367 e. The fraction of sp³-hybridized carbons (Fsp3) is 0.286. The minimum absolute atomic E-state index is 0.228. The third-order valence-electron chi connectivity index (χ3n) is 4.60. The van der Waals surface area contributed by atoms with Gasteiger partial charge in [-0.25, -0.2) is 4.39 Å². The number of carbonyl (C=O) groups excluding carboxylic acids is 1. The highest BCUT2D eigenvalue weighted by atomic mass is 19.1. The summed E-state index contributed by atoms with van der Waals surface area (Å²) in [4.78, 5) is 17.0. The summed E-state index contributed by atoms with van der Waals surface area (Å²) >= 11 is 0. The molecule has 0 aromatic heterocycles. The Balaban J connectivity index is 1.67. The smallest absolute Gasteiger partial charge is 0.248 e. The van der Waals surface area contributed by atoms with Crippen molar-refractivity contribution in [1.82, 2.24) is 4.90 Å². The number of benzene rings is 2. The van der Waals surface area contributed by atoms with Gasteiger partial charge >= 0.3 is 0 Å². The molecular formula is C21H24FN3O. The summed E-state index contributed by atoms with van der Waals surface area (Å²) in [5, 5.41) is 2.94. The van der Waals surface area contributed by atoms with Gasteiger partial charge < -0.3 is 15.1 Å². The van der Waals surface area contributed by atoms with Crippen molar-refractivity contribution in [2.75, 3.05) is 42.9 Å². The zero-order valence-corrected chi connectivity index (χ0v) is 15.0. The van der Waals surface area contributed by atoms with E-state index >= 15 is 0 Å². The summed E-state index contributed by atoms with van der Waals surface area (Å²) < 4.78 is 13.2. The Hall–Kier alpha value is -2.66. The van der Waals surface area contributed by atoms with Crippen molar-refractivity contribution in [3.8, 4) is 0 Å². The standard InChI is InChI=1S/C21H24FN3O/c1-2-24-12-14-25(15-13-24)20-9-4-3-8-19(20)23-21(26)11-10-17-6-5-7-18(22)16-17/h3-11,16H,2,12-15H2,1H3,(H,23,26)/b11-10+. The van der Waals surface area contributed by atoms with Crippen LogP contribution in [0, 0.1) is 5.82 Å². The van der Waals surface area contributed by atoms with Crippen molar-refractivity contribution in [3.05, 3.63) is 66.0 Å². The number of nitrogens with zero attached hydrogens (tertiary/aromatic N) is 2. The third kappa shape index (κ3) is 4.70. The molecule has 0 spiro atoms. The Kier molecular flexibility index (Phi) is 6.02. The fourth-order valence-corrected chi connectivity index (χ4v) is 3.12. The molecule has 0 radical (unpaired) electrons. The lowest BCUT2D eigenvalue weighted by molar-refractivity contribution is -0.111. The average Bonchev–Trinajstić information content (AvgIpc) is 2.67. The molecule has 26 heavy (non-hydrogen) atoms. The predicted octanol–water partition coefficient (Wildman–Crippen LogP) is 3.62. The van der Waals surface area contributed by atoms with Crippen LogP contribution in [0.5, 0.6) is 0 Å². The minimum Gasteiger partial charge on any atom is -0.367 e. The molecule has 3 rings (SSSR count). The van der Waals surface area contributed by atoms with Crippen LogP contribution in [0.2, 0.25) is 0 Å². The Bertz CT molecular complexity index is 782. The van der Waals surface area contributed by atoms with Gasteiger partial charge in [-0.3, -0.25) is 4.79 Å². The summed E-state index contributed by atoms with van der Waals surface area (Å²) in [6.45, 7) is 7.18. The Morgan fingerprint density at radius 3 is 2.62 bits per heavy atom. The molecule has 2 aromatic rings. The third-order valence-corrected chi connectivity index (χ3v) is 4.60. The van der Waals surface area contributed by atoms with E-state index in [1.165, 1.54) is 18.2 Å². The number of nitrogens with one attached hydrogen (secondary N) is 1. The second kappa shape index (κ2) is 8.63. The van der Waals surface area contributed by atoms with E-state index in [0.29, 0.717) is 5.56 Å². The summed E-state index contributed by atoms with van der Waals surface area (Å²) in [6, 6.07) is 14.0. The normalized spacial score (nSPS) is 15.4. The molecule has 0 unspecified atom stereocenters. The van der Waals surface area contributed by atoms with E-state index in [2.05, 4.69) is 22.0 Å². The van der Waals surface area contributed by atoms with Gasteiger partial charge in [-0.05, 0) is 42.4 Å². The quantitative estimate of drug-likeness (QED) is 0.834. The van der Waals surface area contributed by atoms with Crippen molar-refractivity contribution in [2.45, 2.75) is 6.92 Å². The van der Waals surface area contributed by atoms with Crippen molar-refractivity contribution < 1.29 is 9.18 Å². The van der Waals surface area contributed by atoms with E-state index in [1.54, 1.807) is 18.2 Å². The predicted molar refractivity (Wildman–Crippen MR) is 105 cm³/mol. The fourth-order valence-electron chi connectivity index (χ4n) is 3.12. The highest BCUT2D eigenvalue weighted by molar-refractivity contribution is 6.03. The Labute approximate surface area is 153 Å². The van der Waals surface area contributed by atoms with E-state index < -0.39 is 0 Å². The highest BCUT2D eigenvalue weighted by Crippen LogP contribution is 2.26. The lowest BCUT2D eigenvalue weighted by Gasteiger charge is -2.36. The molecule has 4 nitrogen and oxygen atoms in total. The number of hydrogen-bond acceptors (Lipinski definition) is 3. The average molecular weight is 353 g/mol. The number of piperazine rings is 1. The van der Waals surface area contributed by atoms with Crippen molar-refractivity contribution in [2.24, 2.45) is 0 Å². The molecule has 1 fully saturated rings. The van der Waals surface area contributed by atoms with Gasteiger partial charge in [0.1, 0.15) is 5.82 Å². The first-order chi connectivity index (χ1) is 12.7. The van der Waals surface area contributed by atoms with Crippen LogP contribution in [0.25, 0.3) is 6.08 Å². The van der Waals surface area contributed by atoms with Crippen LogP contribution in [0.3, 0.4) is 0 Å². The summed E-state index contributed by atoms with van der Waals surface area (Å²) in [6.07, 6.45) is 3.04. The molecular weight excluding hydrogens is 329 g/mol. The Morgan fingerprint density at radius 1 is 1.12 bits per heavy atom. The van der Waals surface area contributed by atoms with E-state index in [0.717, 1.165) is 44.1 Å². The van der Waals surface area contributed by atoms with Crippen LogP contribution in [-0.4, -0.2) is 43.5 Å². The number of likely N-dealkylation sites (N-methyl/N-ethyl adjacent to an activating group) is 1. The number of anilines is 2. The molecule has 0 aliphatic carbocycles. The van der Waals surface area contributed by atoms with Gasteiger partial charge in [-0.2, -0.15) is 0 Å². The monoisotopic (exact) mass is 353 g/mol. The highest BCUT2D eigenvalue weighted by Gasteiger charge is 2.18. The van der Waals surface area contributed by atoms with E-state index in [4.69, 9.17) is 0 Å². The summed E-state index contributed by atoms with van der Waals surface area (Å²) in [5.41, 5.74) is 2.49. The van der Waals surface area contributed by atoms with Crippen LogP contribution in [0.4, 0.5) is 15.8 Å². The van der Waals surface area contributed by atoms with Gasteiger partial charge in [-0.1, -0.05) is 31.2 Å². The number of hydrogen-bond donors (Lipinski definition) is 1. The first kappa shape index (κ1) is 18.1. The SMILES string of the molecule is CCN1CCN(c2ccccc2NC(=O)/C=C/c2cccc(F)c2)CC1. The molecule has 0 atom stereocenters. The molecule has 1 heterocycles. The molecule has 0 saturated carbocycles. The Morgan fingerprint density at radius 2 is 1.88 bits per heavy atom. The van der Waals surface area contributed by atoms with Crippen molar-refractivity contribution in [1.29, 1.82) is 0 Å². The van der Waals surface area contributed by atoms with E-state index in [1.807, 2.05) is 24.3 Å². The van der Waals surface area contributed by atoms with Gasteiger partial charge in [0.05, 0.1) is 11.4 Å². The maximum absolute atomic E-state index is 13.2. The zero-order chi connectivity index (χ0) is 18.4. The van der Waals surface area contributed by atoms with Crippen LogP contribution in [-0.2, 0) is 4.79 Å². The lowest BCUT2D eigenvalue weighted by atomic mass is 10.2. The maximum atomic E-state index is 13.2. The number of carbonyl (C=O) groups is 1. The van der Waals surface area contributed by atoms with Crippen LogP contribution < -0.4 is 10.2 Å². The second-order valence-corrected chi connectivity index (χ2v) is 6.32. The summed E-state index contributed by atoms with van der Waals surface area (Å²) in [5.74, 6) is -0.543. The second-order valence-electron chi connectivity index (χ2n) is 6.32. The molecule has 1 N–H and O–H groups in total. The first-order valence-corrected chi connectivity index (χ1v) is 8.96. The van der Waals surface area contributed by atoms with Gasteiger partial charge in [0.2, 0.25) is 5.91 Å². The van der Waals surface area contributed by atoms with Crippen molar-refractivity contribution >= 4 is 23.4 Å². The first-order valence-electron chi connectivity index (χ1n) is 8.96. The molecule has 136 valence electrons. The van der Waals surface area contributed by atoms with Crippen LogP contribution in [0.15, 0.2) is 54.6 Å². The molecule has 1 saturated heterocycles. The summed E-state index contributed by atoms with van der Waals surface area (Å²) in [7, 11) is 0. The number of rotatable bonds is 5. The van der Waals surface area contributed by atoms with Crippen molar-refractivity contribution in [3.63, 3.8) is 0 Å². The van der Waals surface area contributed by atoms with Gasteiger partial charge in [-0.15, -0.1) is 0 Å². The maximum Gasteiger partial charge on any atom is 0.248 e. The van der Waals surface area contributed by atoms with Crippen LogP contribution in [0.1, 0.15) is 12.5 Å². The molecule has 5 heteroatoms. The number of para-hydroxylation sites is 2. The molecule has 1 amide bonds. The minimum atomic E-state index is -0.316. The molecule has 1 aliphatic heterocycles. The van der Waals surface area contributed by atoms with Gasteiger partial charge in [0, 0.05) is 32.3 Å². The number of halogens is 1. The van der Waals surface area contributed by atoms with Crippen LogP contribution >= 0.6 is 0 Å². The van der Waals surface area contributed by atoms with Gasteiger partial charge in [0.25, 0.3) is 0 Å². The zero-order valence-electron chi connectivity index (χ0n) is 15.0. The lowest BCUT2D eigenvalue weighted by Crippen LogP contribution is -2.46. The number of amides is 1. The molecule has 2 aromatic carbocycles. The van der Waals surface area contributed by atoms with Gasteiger partial charge in [0.15, 0.2) is 0 Å². The topological polar surface area (TPSA) is 35.6 Å². The van der Waals surface area contributed by atoms with E-state index in [9.17, 15) is 9.18 Å².